The Hall–Kier alpha value is -3.44. The Morgan fingerprint density at radius 2 is 1.78 bits per heavy atom. The van der Waals surface area contributed by atoms with Crippen LogP contribution in [0.1, 0.15) is 24.0 Å². The van der Waals surface area contributed by atoms with Crippen LogP contribution < -0.4 is 5.32 Å². The number of benzene rings is 1. The molecule has 0 atom stereocenters. The molecule has 0 unspecified atom stereocenters. The number of nitrogens with zero attached hydrogens (tertiary/aromatic N) is 3. The number of esters is 1. The van der Waals surface area contributed by atoms with Crippen molar-refractivity contribution in [2.75, 3.05) is 59.1 Å². The van der Waals surface area contributed by atoms with E-state index in [0.717, 1.165) is 24.4 Å². The van der Waals surface area contributed by atoms with E-state index in [1.165, 1.54) is 17.0 Å². The van der Waals surface area contributed by atoms with Gasteiger partial charge in [-0.15, -0.1) is 0 Å². The molecule has 0 radical (unpaired) electrons. The minimum Gasteiger partial charge on any atom is -0.465 e. The van der Waals surface area contributed by atoms with Crippen LogP contribution >= 0.6 is 0 Å². The van der Waals surface area contributed by atoms with Gasteiger partial charge < -0.3 is 29.0 Å². The third kappa shape index (κ3) is 9.51. The first-order valence-electron chi connectivity index (χ1n) is 12.4. The molecule has 2 heterocycles. The predicted octanol–water partition coefficient (Wildman–Crippen LogP) is 2.16. The molecule has 3 rings (SSSR count). The molecule has 1 saturated heterocycles. The number of carbonyl (C=O) groups excluding carboxylic acids is 3. The third-order valence-corrected chi connectivity index (χ3v) is 5.87. The van der Waals surface area contributed by atoms with Crippen molar-refractivity contribution < 1.29 is 32.7 Å². The summed E-state index contributed by atoms with van der Waals surface area (Å²) in [6.07, 6.45) is 0. The second-order valence-corrected chi connectivity index (χ2v) is 8.73. The number of rotatable bonds is 12. The van der Waals surface area contributed by atoms with E-state index >= 15 is 0 Å². The lowest BCUT2D eigenvalue weighted by atomic mass is 10.2. The molecule has 10 nitrogen and oxygen atoms in total. The molecular weight excluding hydrogens is 483 g/mol. The van der Waals surface area contributed by atoms with Crippen molar-refractivity contribution in [1.29, 1.82) is 0 Å². The van der Waals surface area contributed by atoms with Crippen LogP contribution in [-0.2, 0) is 32.2 Å². The summed E-state index contributed by atoms with van der Waals surface area (Å²) in [6, 6.07) is 8.98. The van der Waals surface area contributed by atoms with Crippen LogP contribution in [-0.4, -0.2) is 91.7 Å². The highest BCUT2D eigenvalue weighted by atomic mass is 19.1. The predicted molar refractivity (Wildman–Crippen MR) is 133 cm³/mol. The number of halogens is 1. The zero-order valence-corrected chi connectivity index (χ0v) is 21.4. The van der Waals surface area contributed by atoms with E-state index in [1.54, 1.807) is 30.0 Å². The number of carbonyl (C=O) groups is 3. The number of aryl methyl sites for hydroxylation is 1. The van der Waals surface area contributed by atoms with Gasteiger partial charge >= 0.3 is 12.0 Å². The molecule has 0 bridgehead atoms. The molecule has 0 spiro atoms. The smallest absolute Gasteiger partial charge is 0.325 e. The Balaban J connectivity index is 1.72. The summed E-state index contributed by atoms with van der Waals surface area (Å²) in [5.74, 6) is 0.0816. The summed E-state index contributed by atoms with van der Waals surface area (Å²) in [7, 11) is 0. The van der Waals surface area contributed by atoms with E-state index in [1.807, 2.05) is 13.0 Å². The summed E-state index contributed by atoms with van der Waals surface area (Å²) >= 11 is 0. The first kappa shape index (κ1) is 28.1. The van der Waals surface area contributed by atoms with E-state index in [0.29, 0.717) is 25.5 Å². The third-order valence-electron chi connectivity index (χ3n) is 5.87. The van der Waals surface area contributed by atoms with Crippen LogP contribution in [0.3, 0.4) is 0 Å². The van der Waals surface area contributed by atoms with Gasteiger partial charge in [-0.25, -0.2) is 9.18 Å². The van der Waals surface area contributed by atoms with E-state index in [4.69, 9.17) is 13.9 Å². The van der Waals surface area contributed by atoms with Gasteiger partial charge in [-0.1, -0.05) is 12.1 Å². The number of morpholine rings is 1. The monoisotopic (exact) mass is 518 g/mol. The van der Waals surface area contributed by atoms with Crippen molar-refractivity contribution in [3.05, 3.63) is 59.3 Å². The molecule has 1 aliphatic heterocycles. The molecule has 1 fully saturated rings. The molecule has 1 N–H and O–H groups in total. The zero-order chi connectivity index (χ0) is 26.6. The maximum Gasteiger partial charge on any atom is 0.325 e. The van der Waals surface area contributed by atoms with Crippen LogP contribution in [0, 0.1) is 12.7 Å². The van der Waals surface area contributed by atoms with E-state index in [2.05, 4.69) is 10.2 Å². The molecule has 11 heteroatoms. The van der Waals surface area contributed by atoms with Gasteiger partial charge in [0.15, 0.2) is 0 Å². The summed E-state index contributed by atoms with van der Waals surface area (Å²) in [5, 5.41) is 2.55. The lowest BCUT2D eigenvalue weighted by molar-refractivity contribution is -0.141. The number of ether oxygens (including phenoxy) is 2. The number of hydrogen-bond acceptors (Lipinski definition) is 7. The number of urea groups is 1. The SMILES string of the molecule is CCOC(=O)CNC(=O)N(CCN1CCOCC1)CC(=O)N(Cc1ccc(F)cc1)Cc1ccc(C)o1. The molecule has 3 amide bonds. The van der Waals surface area contributed by atoms with Crippen LogP contribution in [0.2, 0.25) is 0 Å². The van der Waals surface area contributed by atoms with Gasteiger partial charge in [-0.2, -0.15) is 0 Å². The maximum absolute atomic E-state index is 13.5. The van der Waals surface area contributed by atoms with Crippen molar-refractivity contribution >= 4 is 17.9 Å². The molecule has 0 saturated carbocycles. The van der Waals surface area contributed by atoms with Gasteiger partial charge in [0, 0.05) is 32.7 Å². The fraction of sp³-hybridized carbons (Fsp3) is 0.500. The number of amides is 3. The molecule has 1 aromatic carbocycles. The summed E-state index contributed by atoms with van der Waals surface area (Å²) in [5.41, 5.74) is 0.740. The van der Waals surface area contributed by atoms with Gasteiger partial charge in [0.1, 0.15) is 30.4 Å². The summed E-state index contributed by atoms with van der Waals surface area (Å²) in [6.45, 7) is 7.14. The minimum absolute atomic E-state index is 0.186. The van der Waals surface area contributed by atoms with E-state index < -0.39 is 12.0 Å². The van der Waals surface area contributed by atoms with Crippen LogP contribution in [0.4, 0.5) is 9.18 Å². The largest absolute Gasteiger partial charge is 0.465 e. The quantitative estimate of drug-likeness (QED) is 0.430. The molecule has 0 aliphatic carbocycles. The fourth-order valence-corrected chi connectivity index (χ4v) is 3.87. The topological polar surface area (TPSA) is 105 Å². The maximum atomic E-state index is 13.5. The number of nitrogens with one attached hydrogen (secondary N) is 1. The van der Waals surface area contributed by atoms with Crippen LogP contribution in [0.5, 0.6) is 0 Å². The van der Waals surface area contributed by atoms with E-state index in [-0.39, 0.29) is 51.1 Å². The fourth-order valence-electron chi connectivity index (χ4n) is 3.87. The van der Waals surface area contributed by atoms with Crippen molar-refractivity contribution in [2.24, 2.45) is 0 Å². The highest BCUT2D eigenvalue weighted by molar-refractivity contribution is 5.86. The lowest BCUT2D eigenvalue weighted by Crippen LogP contribution is -2.50. The molecule has 202 valence electrons. The Labute approximate surface area is 216 Å². The zero-order valence-electron chi connectivity index (χ0n) is 21.4. The van der Waals surface area contributed by atoms with E-state index in [9.17, 15) is 18.8 Å². The van der Waals surface area contributed by atoms with Crippen LogP contribution in [0.25, 0.3) is 0 Å². The van der Waals surface area contributed by atoms with Crippen molar-refractivity contribution in [3.8, 4) is 0 Å². The summed E-state index contributed by atoms with van der Waals surface area (Å²) in [4.78, 5) is 43.3. The standard InChI is InChI=1S/C26H35FN4O6/c1-3-36-25(33)16-28-26(34)30(11-10-29-12-14-35-15-13-29)19-24(32)31(18-23-9-4-20(2)37-23)17-21-5-7-22(27)8-6-21/h4-9H,3,10-19H2,1-2H3,(H,28,34). The van der Waals surface area contributed by atoms with Gasteiger partial charge in [0.2, 0.25) is 5.91 Å². The van der Waals surface area contributed by atoms with Crippen molar-refractivity contribution in [3.63, 3.8) is 0 Å². The molecule has 1 aromatic heterocycles. The molecule has 37 heavy (non-hydrogen) atoms. The average Bonchev–Trinajstić information content (AvgIpc) is 3.31. The lowest BCUT2D eigenvalue weighted by Gasteiger charge is -2.31. The highest BCUT2D eigenvalue weighted by Gasteiger charge is 2.24. The molecule has 1 aliphatic rings. The second kappa shape index (κ2) is 14.3. The summed E-state index contributed by atoms with van der Waals surface area (Å²) < 4.78 is 29.4. The van der Waals surface area contributed by atoms with Gasteiger partial charge in [0.05, 0.1) is 26.4 Å². The van der Waals surface area contributed by atoms with Crippen molar-refractivity contribution in [1.82, 2.24) is 20.0 Å². The van der Waals surface area contributed by atoms with Crippen LogP contribution in [0.15, 0.2) is 40.8 Å². The first-order chi connectivity index (χ1) is 17.8. The first-order valence-corrected chi connectivity index (χ1v) is 12.4. The molecule has 2 aromatic rings. The average molecular weight is 519 g/mol. The number of furan rings is 1. The Kier molecular flexibility index (Phi) is 10.9. The molecular formula is C26H35FN4O6. The second-order valence-electron chi connectivity index (χ2n) is 8.73. The number of hydrogen-bond donors (Lipinski definition) is 1. The van der Waals surface area contributed by atoms with Crippen molar-refractivity contribution in [2.45, 2.75) is 26.9 Å². The Morgan fingerprint density at radius 3 is 2.43 bits per heavy atom. The van der Waals surface area contributed by atoms with Gasteiger partial charge in [-0.3, -0.25) is 14.5 Å². The van der Waals surface area contributed by atoms with Gasteiger partial charge in [-0.05, 0) is 43.7 Å². The minimum atomic E-state index is -0.554. The Bertz CT molecular complexity index is 1020. The van der Waals surface area contributed by atoms with Gasteiger partial charge in [0.25, 0.3) is 0 Å². The normalized spacial score (nSPS) is 13.7. The Morgan fingerprint density at radius 1 is 1.05 bits per heavy atom. The highest BCUT2D eigenvalue weighted by Crippen LogP contribution is 2.14.